The lowest BCUT2D eigenvalue weighted by Crippen LogP contribution is -2.16. The van der Waals surface area contributed by atoms with E-state index >= 15 is 0 Å². The summed E-state index contributed by atoms with van der Waals surface area (Å²) < 4.78 is 29.3. The second kappa shape index (κ2) is 7.78. The highest BCUT2D eigenvalue weighted by atomic mass is 35.5. The van der Waals surface area contributed by atoms with Crippen molar-refractivity contribution in [3.05, 3.63) is 58.3 Å². The zero-order chi connectivity index (χ0) is 20.5. The molecule has 0 aliphatic carbocycles. The first-order valence-electron chi connectivity index (χ1n) is 7.94. The van der Waals surface area contributed by atoms with E-state index in [1.54, 1.807) is 13.0 Å². The largest absolute Gasteiger partial charge is 0.326 e. The fourth-order valence-electron chi connectivity index (χ4n) is 2.41. The number of carbonyl (C=O) groups is 1. The number of nitrogens with one attached hydrogen (secondary N) is 2. The molecular formula is C17H15Cl2N5O3S. The number of hydrogen-bond donors (Lipinski definition) is 2. The van der Waals surface area contributed by atoms with Gasteiger partial charge in [0, 0.05) is 24.9 Å². The Morgan fingerprint density at radius 2 is 1.82 bits per heavy atom. The number of sulfonamides is 1. The molecule has 8 nitrogen and oxygen atoms in total. The second-order valence-corrected chi connectivity index (χ2v) is 8.38. The smallest absolute Gasteiger partial charge is 0.263 e. The molecule has 2 N–H and O–H groups in total. The van der Waals surface area contributed by atoms with Gasteiger partial charge in [0.25, 0.3) is 10.0 Å². The molecule has 0 aliphatic rings. The van der Waals surface area contributed by atoms with E-state index in [0.717, 1.165) is 0 Å². The van der Waals surface area contributed by atoms with E-state index in [1.165, 1.54) is 48.1 Å². The van der Waals surface area contributed by atoms with Crippen LogP contribution in [0.2, 0.25) is 10.0 Å². The molecule has 1 amide bonds. The zero-order valence-corrected chi connectivity index (χ0v) is 17.1. The fourth-order valence-corrected chi connectivity index (χ4v) is 3.91. The Hall–Kier alpha value is -2.62. The maximum Gasteiger partial charge on any atom is 0.263 e. The molecule has 3 rings (SSSR count). The predicted octanol–water partition coefficient (Wildman–Crippen LogP) is 3.64. The Balaban J connectivity index is 1.94. The molecule has 0 bridgehead atoms. The Bertz CT molecular complexity index is 1140. The molecule has 0 saturated carbocycles. The second-order valence-electron chi connectivity index (χ2n) is 5.85. The molecule has 0 fully saturated rings. The molecule has 2 aromatic heterocycles. The minimum absolute atomic E-state index is 0.0159. The van der Waals surface area contributed by atoms with Crippen LogP contribution in [0.15, 0.2) is 47.5 Å². The van der Waals surface area contributed by atoms with Crippen LogP contribution >= 0.6 is 23.2 Å². The monoisotopic (exact) mass is 439 g/mol. The number of amides is 1. The number of rotatable bonds is 5. The van der Waals surface area contributed by atoms with Gasteiger partial charge in [0.2, 0.25) is 5.91 Å². The molecule has 0 radical (unpaired) electrons. The van der Waals surface area contributed by atoms with Crippen LogP contribution in [0.25, 0.3) is 5.82 Å². The van der Waals surface area contributed by atoms with Gasteiger partial charge in [-0.2, -0.15) is 9.78 Å². The standard InChI is InChI=1S/C17H15Cl2N5O3S/c1-10-7-16(24(22-10)17-15(19)8-12(18)9-20-17)23-28(26,27)14-5-3-13(4-6-14)21-11(2)25/h3-9,23H,1-2H3,(H,21,25). The van der Waals surface area contributed by atoms with Crippen molar-refractivity contribution in [3.8, 4) is 5.82 Å². The Morgan fingerprint density at radius 1 is 1.14 bits per heavy atom. The number of benzene rings is 1. The van der Waals surface area contributed by atoms with Crippen molar-refractivity contribution in [2.45, 2.75) is 18.7 Å². The Kier molecular flexibility index (Phi) is 5.59. The zero-order valence-electron chi connectivity index (χ0n) is 14.8. The van der Waals surface area contributed by atoms with Crippen molar-refractivity contribution in [1.29, 1.82) is 0 Å². The van der Waals surface area contributed by atoms with E-state index in [4.69, 9.17) is 23.2 Å². The molecule has 0 saturated heterocycles. The molecule has 0 atom stereocenters. The third kappa shape index (κ3) is 4.44. The van der Waals surface area contributed by atoms with Crippen molar-refractivity contribution < 1.29 is 13.2 Å². The lowest BCUT2D eigenvalue weighted by molar-refractivity contribution is -0.114. The molecule has 0 aliphatic heterocycles. The van der Waals surface area contributed by atoms with Gasteiger partial charge in [0.1, 0.15) is 5.82 Å². The average Bonchev–Trinajstić information content (AvgIpc) is 2.94. The number of halogens is 2. The summed E-state index contributed by atoms with van der Waals surface area (Å²) in [7, 11) is -3.92. The van der Waals surface area contributed by atoms with Crippen LogP contribution in [-0.2, 0) is 14.8 Å². The minimum atomic E-state index is -3.92. The Labute approximate surface area is 171 Å². The van der Waals surface area contributed by atoms with Crippen LogP contribution in [-0.4, -0.2) is 29.1 Å². The van der Waals surface area contributed by atoms with E-state index in [9.17, 15) is 13.2 Å². The van der Waals surface area contributed by atoms with Crippen LogP contribution in [0.3, 0.4) is 0 Å². The highest BCUT2D eigenvalue weighted by molar-refractivity contribution is 7.92. The van der Waals surface area contributed by atoms with Gasteiger partial charge in [-0.25, -0.2) is 13.4 Å². The van der Waals surface area contributed by atoms with Gasteiger partial charge in [-0.05, 0) is 37.3 Å². The molecule has 1 aromatic carbocycles. The van der Waals surface area contributed by atoms with Gasteiger partial charge in [-0.15, -0.1) is 0 Å². The lowest BCUT2D eigenvalue weighted by Gasteiger charge is -2.11. The van der Waals surface area contributed by atoms with Gasteiger partial charge >= 0.3 is 0 Å². The normalized spacial score (nSPS) is 11.3. The third-order valence-corrected chi connectivity index (χ3v) is 5.40. The molecule has 146 valence electrons. The summed E-state index contributed by atoms with van der Waals surface area (Å²) in [5.74, 6) is 0.151. The summed E-state index contributed by atoms with van der Waals surface area (Å²) >= 11 is 12.0. The summed E-state index contributed by atoms with van der Waals surface area (Å²) in [6, 6.07) is 8.80. The summed E-state index contributed by atoms with van der Waals surface area (Å²) in [6.45, 7) is 3.08. The average molecular weight is 440 g/mol. The first kappa shape index (κ1) is 20.1. The van der Waals surface area contributed by atoms with Gasteiger partial charge in [-0.3, -0.25) is 9.52 Å². The quantitative estimate of drug-likeness (QED) is 0.630. The van der Waals surface area contributed by atoms with Crippen LogP contribution in [0.5, 0.6) is 0 Å². The summed E-state index contributed by atoms with van der Waals surface area (Å²) in [4.78, 5) is 15.2. The number of carbonyl (C=O) groups excluding carboxylic acids is 1. The lowest BCUT2D eigenvalue weighted by atomic mass is 10.3. The van der Waals surface area contributed by atoms with E-state index in [0.29, 0.717) is 16.4 Å². The van der Waals surface area contributed by atoms with Gasteiger partial charge < -0.3 is 5.32 Å². The number of hydrogen-bond acceptors (Lipinski definition) is 5. The Morgan fingerprint density at radius 3 is 2.43 bits per heavy atom. The fraction of sp³-hybridized carbons (Fsp3) is 0.118. The summed E-state index contributed by atoms with van der Waals surface area (Å²) in [5.41, 5.74) is 1.05. The number of pyridine rings is 1. The SMILES string of the molecule is CC(=O)Nc1ccc(S(=O)(=O)Nc2cc(C)nn2-c2ncc(Cl)cc2Cl)cc1. The first-order chi connectivity index (χ1) is 13.2. The van der Waals surface area contributed by atoms with Crippen LogP contribution in [0.4, 0.5) is 11.5 Å². The van der Waals surface area contributed by atoms with E-state index in [-0.39, 0.29) is 27.5 Å². The van der Waals surface area contributed by atoms with Gasteiger partial charge in [-0.1, -0.05) is 23.2 Å². The maximum absolute atomic E-state index is 12.8. The van der Waals surface area contributed by atoms with E-state index < -0.39 is 10.0 Å². The van der Waals surface area contributed by atoms with Gasteiger partial charge in [0.15, 0.2) is 5.82 Å². The van der Waals surface area contributed by atoms with Crippen LogP contribution in [0, 0.1) is 6.92 Å². The number of aryl methyl sites for hydroxylation is 1. The van der Waals surface area contributed by atoms with E-state index in [1.807, 2.05) is 0 Å². The topological polar surface area (TPSA) is 106 Å². The number of anilines is 2. The molecule has 0 unspecified atom stereocenters. The highest BCUT2D eigenvalue weighted by Crippen LogP contribution is 2.26. The van der Waals surface area contributed by atoms with Crippen LogP contribution < -0.4 is 10.0 Å². The van der Waals surface area contributed by atoms with Crippen molar-refractivity contribution in [2.24, 2.45) is 0 Å². The number of nitrogens with zero attached hydrogens (tertiary/aromatic N) is 3. The minimum Gasteiger partial charge on any atom is -0.326 e. The van der Waals surface area contributed by atoms with Crippen molar-refractivity contribution in [1.82, 2.24) is 14.8 Å². The molecular weight excluding hydrogens is 425 g/mol. The predicted molar refractivity (Wildman–Crippen MR) is 108 cm³/mol. The summed E-state index contributed by atoms with van der Waals surface area (Å²) in [5, 5.41) is 7.39. The maximum atomic E-state index is 12.8. The van der Waals surface area contributed by atoms with Gasteiger partial charge in [0.05, 0.1) is 20.6 Å². The van der Waals surface area contributed by atoms with Crippen molar-refractivity contribution >= 4 is 50.6 Å². The first-order valence-corrected chi connectivity index (χ1v) is 10.2. The molecule has 2 heterocycles. The van der Waals surface area contributed by atoms with Crippen molar-refractivity contribution in [3.63, 3.8) is 0 Å². The molecule has 28 heavy (non-hydrogen) atoms. The van der Waals surface area contributed by atoms with Crippen molar-refractivity contribution in [2.75, 3.05) is 10.0 Å². The highest BCUT2D eigenvalue weighted by Gasteiger charge is 2.20. The van der Waals surface area contributed by atoms with E-state index in [2.05, 4.69) is 20.1 Å². The van der Waals surface area contributed by atoms with Crippen LogP contribution in [0.1, 0.15) is 12.6 Å². The molecule has 0 spiro atoms. The summed E-state index contributed by atoms with van der Waals surface area (Å²) in [6.07, 6.45) is 1.39. The molecule has 11 heteroatoms. The third-order valence-electron chi connectivity index (χ3n) is 3.54. The number of aromatic nitrogens is 3. The molecule has 3 aromatic rings.